The van der Waals surface area contributed by atoms with Gasteiger partial charge < -0.3 is 19.4 Å². The SMILES string of the molecule is COCc1c(C(=O)N2CCNC[C@H]2C)oc2ccccc12. The molecular formula is C16H20N2O3. The van der Waals surface area contributed by atoms with Crippen molar-refractivity contribution in [3.05, 3.63) is 35.6 Å². The molecule has 1 aliphatic rings. The predicted octanol–water partition coefficient (Wildman–Crippen LogP) is 2.01. The lowest BCUT2D eigenvalue weighted by Gasteiger charge is -2.33. The Hall–Kier alpha value is -1.85. The van der Waals surface area contributed by atoms with Crippen LogP contribution in [0.1, 0.15) is 23.0 Å². The summed E-state index contributed by atoms with van der Waals surface area (Å²) in [5.41, 5.74) is 1.57. The zero-order chi connectivity index (χ0) is 14.8. The molecule has 21 heavy (non-hydrogen) atoms. The molecule has 1 aromatic carbocycles. The van der Waals surface area contributed by atoms with Crippen molar-refractivity contribution in [3.63, 3.8) is 0 Å². The number of para-hydroxylation sites is 1. The number of nitrogens with zero attached hydrogens (tertiary/aromatic N) is 1. The van der Waals surface area contributed by atoms with Gasteiger partial charge in [0, 0.05) is 43.7 Å². The summed E-state index contributed by atoms with van der Waals surface area (Å²) in [6.07, 6.45) is 0. The molecule has 0 aliphatic carbocycles. The maximum atomic E-state index is 12.8. The summed E-state index contributed by atoms with van der Waals surface area (Å²) in [5.74, 6) is 0.360. The third-order valence-electron chi connectivity index (χ3n) is 3.94. The molecule has 1 saturated heterocycles. The molecule has 0 spiro atoms. The summed E-state index contributed by atoms with van der Waals surface area (Å²) in [4.78, 5) is 14.7. The highest BCUT2D eigenvalue weighted by molar-refractivity contribution is 5.99. The Labute approximate surface area is 123 Å². The Morgan fingerprint density at radius 2 is 2.29 bits per heavy atom. The van der Waals surface area contributed by atoms with Gasteiger partial charge in [0.15, 0.2) is 5.76 Å². The minimum absolute atomic E-state index is 0.0488. The van der Waals surface area contributed by atoms with Gasteiger partial charge >= 0.3 is 0 Å². The minimum Gasteiger partial charge on any atom is -0.451 e. The summed E-state index contributed by atoms with van der Waals surface area (Å²) in [7, 11) is 1.63. The van der Waals surface area contributed by atoms with E-state index in [0.29, 0.717) is 18.9 Å². The third-order valence-corrected chi connectivity index (χ3v) is 3.94. The third kappa shape index (κ3) is 2.54. The van der Waals surface area contributed by atoms with Crippen LogP contribution in [-0.2, 0) is 11.3 Å². The number of methoxy groups -OCH3 is 1. The molecule has 0 radical (unpaired) electrons. The quantitative estimate of drug-likeness (QED) is 0.938. The Bertz CT molecular complexity index is 650. The van der Waals surface area contributed by atoms with Gasteiger partial charge in [0.25, 0.3) is 5.91 Å². The first-order chi connectivity index (χ1) is 10.2. The number of fused-ring (bicyclic) bond motifs is 1. The van der Waals surface area contributed by atoms with E-state index in [1.807, 2.05) is 36.1 Å². The molecule has 2 heterocycles. The van der Waals surface area contributed by atoms with Crippen LogP contribution < -0.4 is 5.32 Å². The van der Waals surface area contributed by atoms with Crippen molar-refractivity contribution in [2.75, 3.05) is 26.7 Å². The molecule has 0 bridgehead atoms. The van der Waals surface area contributed by atoms with Crippen LogP contribution in [0.4, 0.5) is 0 Å². The number of piperazine rings is 1. The lowest BCUT2D eigenvalue weighted by molar-refractivity contribution is 0.0619. The second kappa shape index (κ2) is 5.87. The number of rotatable bonds is 3. The van der Waals surface area contributed by atoms with Gasteiger partial charge in [-0.3, -0.25) is 4.79 Å². The lowest BCUT2D eigenvalue weighted by atomic mass is 10.1. The number of nitrogens with one attached hydrogen (secondary N) is 1. The number of ether oxygens (including phenoxy) is 1. The zero-order valence-electron chi connectivity index (χ0n) is 12.4. The van der Waals surface area contributed by atoms with E-state index < -0.39 is 0 Å². The van der Waals surface area contributed by atoms with Crippen LogP contribution in [0.5, 0.6) is 0 Å². The molecule has 1 fully saturated rings. The first kappa shape index (κ1) is 14.1. The zero-order valence-corrected chi connectivity index (χ0v) is 12.4. The van der Waals surface area contributed by atoms with Crippen molar-refractivity contribution in [3.8, 4) is 0 Å². The molecule has 112 valence electrons. The molecule has 0 saturated carbocycles. The van der Waals surface area contributed by atoms with Gasteiger partial charge in [0.2, 0.25) is 0 Å². The smallest absolute Gasteiger partial charge is 0.290 e. The molecule has 1 atom stereocenters. The van der Waals surface area contributed by atoms with E-state index in [1.54, 1.807) is 7.11 Å². The molecule has 1 amide bonds. The summed E-state index contributed by atoms with van der Waals surface area (Å²) >= 11 is 0. The maximum Gasteiger partial charge on any atom is 0.290 e. The van der Waals surface area contributed by atoms with Crippen molar-refractivity contribution in [2.24, 2.45) is 0 Å². The molecule has 1 N–H and O–H groups in total. The fourth-order valence-corrected chi connectivity index (χ4v) is 2.83. The second-order valence-corrected chi connectivity index (χ2v) is 5.39. The highest BCUT2D eigenvalue weighted by Gasteiger charge is 2.29. The van der Waals surface area contributed by atoms with Crippen LogP contribution in [0.2, 0.25) is 0 Å². The largest absolute Gasteiger partial charge is 0.451 e. The molecule has 5 nitrogen and oxygen atoms in total. The molecule has 2 aromatic rings. The van der Waals surface area contributed by atoms with Crippen LogP contribution in [0.3, 0.4) is 0 Å². The maximum absolute atomic E-state index is 12.8. The van der Waals surface area contributed by atoms with Crippen LogP contribution >= 0.6 is 0 Å². The minimum atomic E-state index is -0.0488. The van der Waals surface area contributed by atoms with Crippen LogP contribution in [-0.4, -0.2) is 43.6 Å². The Kier molecular flexibility index (Phi) is 3.94. The highest BCUT2D eigenvalue weighted by atomic mass is 16.5. The van der Waals surface area contributed by atoms with E-state index in [9.17, 15) is 4.79 Å². The number of amides is 1. The number of hydrogen-bond acceptors (Lipinski definition) is 4. The van der Waals surface area contributed by atoms with Gasteiger partial charge in [-0.25, -0.2) is 0 Å². The number of carbonyl (C=O) groups is 1. The van der Waals surface area contributed by atoms with E-state index in [2.05, 4.69) is 5.32 Å². The van der Waals surface area contributed by atoms with Crippen molar-refractivity contribution < 1.29 is 13.9 Å². The summed E-state index contributed by atoms with van der Waals surface area (Å²) in [5, 5.41) is 4.24. The highest BCUT2D eigenvalue weighted by Crippen LogP contribution is 2.28. The van der Waals surface area contributed by atoms with Gasteiger partial charge in [0.1, 0.15) is 5.58 Å². The lowest BCUT2D eigenvalue weighted by Crippen LogP contribution is -2.52. The number of carbonyl (C=O) groups excluding carboxylic acids is 1. The van der Waals surface area contributed by atoms with Crippen molar-refractivity contribution in [2.45, 2.75) is 19.6 Å². The van der Waals surface area contributed by atoms with Gasteiger partial charge in [-0.2, -0.15) is 0 Å². The molecule has 5 heteroatoms. The van der Waals surface area contributed by atoms with Crippen LogP contribution in [0.15, 0.2) is 28.7 Å². The van der Waals surface area contributed by atoms with Crippen molar-refractivity contribution in [1.29, 1.82) is 0 Å². The van der Waals surface area contributed by atoms with Gasteiger partial charge in [0.05, 0.1) is 6.61 Å². The number of furan rings is 1. The number of benzene rings is 1. The molecule has 0 unspecified atom stereocenters. The summed E-state index contributed by atoms with van der Waals surface area (Å²) in [6.45, 7) is 4.74. The fraction of sp³-hybridized carbons (Fsp3) is 0.438. The average molecular weight is 288 g/mol. The van der Waals surface area contributed by atoms with Crippen molar-refractivity contribution in [1.82, 2.24) is 10.2 Å². The van der Waals surface area contributed by atoms with E-state index >= 15 is 0 Å². The Balaban J connectivity index is 2.02. The Morgan fingerprint density at radius 1 is 1.48 bits per heavy atom. The molecular weight excluding hydrogens is 268 g/mol. The van der Waals surface area contributed by atoms with Gasteiger partial charge in [-0.15, -0.1) is 0 Å². The van der Waals surface area contributed by atoms with E-state index in [1.165, 1.54) is 0 Å². The first-order valence-electron chi connectivity index (χ1n) is 7.23. The van der Waals surface area contributed by atoms with E-state index in [0.717, 1.165) is 29.6 Å². The summed E-state index contributed by atoms with van der Waals surface area (Å²) < 4.78 is 11.1. The average Bonchev–Trinajstić information content (AvgIpc) is 2.87. The number of hydrogen-bond donors (Lipinski definition) is 1. The van der Waals surface area contributed by atoms with E-state index in [4.69, 9.17) is 9.15 Å². The standard InChI is InChI=1S/C16H20N2O3/c1-11-9-17-7-8-18(11)16(19)15-13(10-20-2)12-5-3-4-6-14(12)21-15/h3-6,11,17H,7-10H2,1-2H3/t11-/m1/s1. The second-order valence-electron chi connectivity index (χ2n) is 5.39. The van der Waals surface area contributed by atoms with Crippen molar-refractivity contribution >= 4 is 16.9 Å². The van der Waals surface area contributed by atoms with Gasteiger partial charge in [-0.05, 0) is 13.0 Å². The molecule has 3 rings (SSSR count). The topological polar surface area (TPSA) is 54.7 Å². The van der Waals surface area contributed by atoms with Crippen LogP contribution in [0.25, 0.3) is 11.0 Å². The monoisotopic (exact) mass is 288 g/mol. The Morgan fingerprint density at radius 3 is 3.05 bits per heavy atom. The van der Waals surface area contributed by atoms with E-state index in [-0.39, 0.29) is 11.9 Å². The molecule has 1 aromatic heterocycles. The van der Waals surface area contributed by atoms with Crippen LogP contribution in [0, 0.1) is 0 Å². The first-order valence-corrected chi connectivity index (χ1v) is 7.23. The predicted molar refractivity (Wildman–Crippen MR) is 80.3 cm³/mol. The fourth-order valence-electron chi connectivity index (χ4n) is 2.83. The summed E-state index contributed by atoms with van der Waals surface area (Å²) in [6, 6.07) is 7.86. The van der Waals surface area contributed by atoms with Gasteiger partial charge in [-0.1, -0.05) is 18.2 Å². The molecule has 1 aliphatic heterocycles. The normalized spacial score (nSPS) is 19.1.